The summed E-state index contributed by atoms with van der Waals surface area (Å²) in [5.74, 6) is 0.309. The van der Waals surface area contributed by atoms with Crippen molar-refractivity contribution in [3.05, 3.63) is 35.9 Å². The van der Waals surface area contributed by atoms with Crippen molar-refractivity contribution in [3.63, 3.8) is 0 Å². The van der Waals surface area contributed by atoms with Crippen LogP contribution < -0.4 is 0 Å². The highest BCUT2D eigenvalue weighted by Gasteiger charge is 2.42. The number of rotatable bonds is 5. The Balaban J connectivity index is 2.17. The van der Waals surface area contributed by atoms with Gasteiger partial charge in [0.1, 0.15) is 0 Å². The number of hydrogen-bond donors (Lipinski definition) is 0. The lowest BCUT2D eigenvalue weighted by atomic mass is 9.92. The standard InChI is InChI=1S/C16H22N2O2S/c1-13-12-16(15-8-4-3-5-9-15)14(2)18(13)21(19,20)11-7-6-10-17/h3-5,8-9,13-14,16H,6-7,11-12H2,1-2H3/t13-,14+,16-/m0/s1. The van der Waals surface area contributed by atoms with E-state index >= 15 is 0 Å². The van der Waals surface area contributed by atoms with Gasteiger partial charge in [0, 0.05) is 24.4 Å². The maximum absolute atomic E-state index is 12.5. The third-order valence-corrected chi connectivity index (χ3v) is 6.39. The molecular weight excluding hydrogens is 284 g/mol. The van der Waals surface area contributed by atoms with Gasteiger partial charge in [-0.25, -0.2) is 8.42 Å². The number of nitrogens with zero attached hydrogens (tertiary/aromatic N) is 2. The minimum Gasteiger partial charge on any atom is -0.212 e. The molecule has 0 radical (unpaired) electrons. The van der Waals surface area contributed by atoms with Gasteiger partial charge in [0.25, 0.3) is 0 Å². The lowest BCUT2D eigenvalue weighted by Crippen LogP contribution is -2.40. The van der Waals surface area contributed by atoms with Crippen LogP contribution in [-0.4, -0.2) is 30.6 Å². The predicted octanol–water partition coefficient (Wildman–Crippen LogP) is 2.89. The van der Waals surface area contributed by atoms with Gasteiger partial charge in [-0.05, 0) is 32.3 Å². The zero-order valence-corrected chi connectivity index (χ0v) is 13.4. The molecule has 2 rings (SSSR count). The van der Waals surface area contributed by atoms with Crippen LogP contribution in [0.15, 0.2) is 30.3 Å². The van der Waals surface area contributed by atoms with Crippen molar-refractivity contribution < 1.29 is 8.42 Å². The largest absolute Gasteiger partial charge is 0.214 e. The van der Waals surface area contributed by atoms with Crippen molar-refractivity contribution in [3.8, 4) is 6.07 Å². The second kappa shape index (κ2) is 6.59. The first-order valence-electron chi connectivity index (χ1n) is 7.40. The molecule has 0 spiro atoms. The van der Waals surface area contributed by atoms with Crippen LogP contribution in [0.25, 0.3) is 0 Å². The van der Waals surface area contributed by atoms with Crippen LogP contribution in [0.5, 0.6) is 0 Å². The molecule has 1 heterocycles. The summed E-state index contributed by atoms with van der Waals surface area (Å²) < 4.78 is 26.7. The van der Waals surface area contributed by atoms with Crippen LogP contribution in [0.4, 0.5) is 0 Å². The Bertz CT molecular complexity index is 607. The first-order valence-corrected chi connectivity index (χ1v) is 9.01. The van der Waals surface area contributed by atoms with Crippen molar-refractivity contribution in [2.45, 2.75) is 51.1 Å². The SMILES string of the molecule is C[C@@H]1[C@@H](c2ccccc2)C[C@H](C)N1S(=O)(=O)CCCC#N. The maximum Gasteiger partial charge on any atom is 0.214 e. The van der Waals surface area contributed by atoms with Crippen LogP contribution in [-0.2, 0) is 10.0 Å². The van der Waals surface area contributed by atoms with Gasteiger partial charge < -0.3 is 0 Å². The van der Waals surface area contributed by atoms with E-state index in [1.165, 1.54) is 5.56 Å². The molecule has 1 aliphatic rings. The van der Waals surface area contributed by atoms with Gasteiger partial charge in [-0.2, -0.15) is 9.57 Å². The quantitative estimate of drug-likeness (QED) is 0.786. The Kier molecular flexibility index (Phi) is 5.02. The molecule has 0 saturated carbocycles. The first kappa shape index (κ1) is 16.0. The molecule has 3 atom stereocenters. The van der Waals surface area contributed by atoms with Crippen LogP contribution >= 0.6 is 0 Å². The summed E-state index contributed by atoms with van der Waals surface area (Å²) in [5, 5.41) is 8.56. The van der Waals surface area contributed by atoms with Gasteiger partial charge in [0.05, 0.1) is 11.8 Å². The Morgan fingerprint density at radius 2 is 1.95 bits per heavy atom. The number of benzene rings is 1. The molecule has 0 bridgehead atoms. The Morgan fingerprint density at radius 3 is 2.57 bits per heavy atom. The van der Waals surface area contributed by atoms with Gasteiger partial charge >= 0.3 is 0 Å². The van der Waals surface area contributed by atoms with E-state index in [2.05, 4.69) is 12.1 Å². The highest BCUT2D eigenvalue weighted by molar-refractivity contribution is 7.89. The lowest BCUT2D eigenvalue weighted by molar-refractivity contribution is 0.343. The molecule has 1 aromatic carbocycles. The van der Waals surface area contributed by atoms with Gasteiger partial charge in [-0.3, -0.25) is 0 Å². The van der Waals surface area contributed by atoms with Crippen molar-refractivity contribution >= 4 is 10.0 Å². The van der Waals surface area contributed by atoms with Crippen molar-refractivity contribution in [2.24, 2.45) is 0 Å². The summed E-state index contributed by atoms with van der Waals surface area (Å²) in [6, 6.07) is 12.1. The first-order chi connectivity index (χ1) is 9.97. The fourth-order valence-corrected chi connectivity index (χ4v) is 5.34. The normalized spacial score (nSPS) is 26.6. The molecule has 0 N–H and O–H groups in total. The fraction of sp³-hybridized carbons (Fsp3) is 0.562. The minimum absolute atomic E-state index is 0.0114. The highest BCUT2D eigenvalue weighted by Crippen LogP contribution is 2.39. The van der Waals surface area contributed by atoms with E-state index in [-0.39, 0.29) is 30.2 Å². The van der Waals surface area contributed by atoms with Crippen molar-refractivity contribution in [2.75, 3.05) is 5.75 Å². The molecular formula is C16H22N2O2S. The van der Waals surface area contributed by atoms with Crippen molar-refractivity contribution in [1.82, 2.24) is 4.31 Å². The van der Waals surface area contributed by atoms with Crippen LogP contribution in [0.3, 0.4) is 0 Å². The summed E-state index contributed by atoms with van der Waals surface area (Å²) in [6.07, 6.45) is 1.55. The fourth-order valence-electron chi connectivity index (χ4n) is 3.33. The lowest BCUT2D eigenvalue weighted by Gasteiger charge is -2.27. The predicted molar refractivity (Wildman–Crippen MR) is 83.2 cm³/mol. The van der Waals surface area contributed by atoms with Gasteiger partial charge in [0.15, 0.2) is 0 Å². The number of hydrogen-bond acceptors (Lipinski definition) is 3. The van der Waals surface area contributed by atoms with E-state index in [4.69, 9.17) is 5.26 Å². The average molecular weight is 306 g/mol. The van der Waals surface area contributed by atoms with Gasteiger partial charge in [-0.15, -0.1) is 0 Å². The third kappa shape index (κ3) is 3.45. The minimum atomic E-state index is -3.29. The average Bonchev–Trinajstić information content (AvgIpc) is 2.75. The van der Waals surface area contributed by atoms with Gasteiger partial charge in [-0.1, -0.05) is 30.3 Å². The monoisotopic (exact) mass is 306 g/mol. The summed E-state index contributed by atoms with van der Waals surface area (Å²) in [5.41, 5.74) is 1.20. The Morgan fingerprint density at radius 1 is 1.29 bits per heavy atom. The Labute approximate surface area is 127 Å². The molecule has 1 fully saturated rings. The summed E-state index contributed by atoms with van der Waals surface area (Å²) in [7, 11) is -3.29. The molecule has 21 heavy (non-hydrogen) atoms. The second-order valence-corrected chi connectivity index (χ2v) is 7.74. The molecule has 5 heteroatoms. The zero-order valence-electron chi connectivity index (χ0n) is 12.6. The number of unbranched alkanes of at least 4 members (excludes halogenated alkanes) is 1. The van der Waals surface area contributed by atoms with E-state index in [9.17, 15) is 8.42 Å². The van der Waals surface area contributed by atoms with E-state index in [0.717, 1.165) is 6.42 Å². The topological polar surface area (TPSA) is 61.2 Å². The third-order valence-electron chi connectivity index (χ3n) is 4.25. The molecule has 0 amide bonds. The molecule has 114 valence electrons. The molecule has 0 unspecified atom stereocenters. The maximum atomic E-state index is 12.5. The molecule has 1 aliphatic heterocycles. The van der Waals surface area contributed by atoms with E-state index in [1.54, 1.807) is 4.31 Å². The van der Waals surface area contributed by atoms with E-state index in [0.29, 0.717) is 6.42 Å². The summed E-state index contributed by atoms with van der Waals surface area (Å²) in [4.78, 5) is 0. The zero-order chi connectivity index (χ0) is 15.5. The smallest absolute Gasteiger partial charge is 0.212 e. The highest BCUT2D eigenvalue weighted by atomic mass is 32.2. The number of nitriles is 1. The van der Waals surface area contributed by atoms with Crippen LogP contribution in [0.2, 0.25) is 0 Å². The van der Waals surface area contributed by atoms with Crippen LogP contribution in [0, 0.1) is 11.3 Å². The van der Waals surface area contributed by atoms with Crippen LogP contribution in [0.1, 0.15) is 44.6 Å². The van der Waals surface area contributed by atoms with E-state index in [1.807, 2.05) is 38.1 Å². The number of sulfonamides is 1. The van der Waals surface area contributed by atoms with Crippen molar-refractivity contribution in [1.29, 1.82) is 5.26 Å². The molecule has 1 aromatic rings. The van der Waals surface area contributed by atoms with Gasteiger partial charge in [0.2, 0.25) is 10.0 Å². The summed E-state index contributed by atoms with van der Waals surface area (Å²) >= 11 is 0. The second-order valence-electron chi connectivity index (χ2n) is 5.75. The molecule has 1 saturated heterocycles. The van der Waals surface area contributed by atoms with E-state index < -0.39 is 10.0 Å². The molecule has 0 aliphatic carbocycles. The summed E-state index contributed by atoms with van der Waals surface area (Å²) in [6.45, 7) is 3.96. The Hall–Kier alpha value is -1.38. The molecule has 4 nitrogen and oxygen atoms in total. The molecule has 0 aromatic heterocycles.